The average molecular weight is 373 g/mol. The van der Waals surface area contributed by atoms with Gasteiger partial charge in [0.1, 0.15) is 10.7 Å². The fourth-order valence-electron chi connectivity index (χ4n) is 1.80. The third-order valence-corrected chi connectivity index (χ3v) is 5.25. The quantitative estimate of drug-likeness (QED) is 0.865. The van der Waals surface area contributed by atoms with E-state index in [4.69, 9.17) is 5.73 Å². The summed E-state index contributed by atoms with van der Waals surface area (Å²) in [5.74, 6) is -0.629. The van der Waals surface area contributed by atoms with Gasteiger partial charge in [0.15, 0.2) is 0 Å². The van der Waals surface area contributed by atoms with Crippen molar-refractivity contribution in [1.29, 1.82) is 0 Å². The van der Waals surface area contributed by atoms with Crippen molar-refractivity contribution in [3.8, 4) is 0 Å². The number of rotatable bonds is 4. The fraction of sp³-hybridized carbons (Fsp3) is 0.143. The molecule has 21 heavy (non-hydrogen) atoms. The molecule has 4 nitrogen and oxygen atoms in total. The van der Waals surface area contributed by atoms with E-state index in [0.29, 0.717) is 10.0 Å². The second-order valence-electron chi connectivity index (χ2n) is 4.56. The number of sulfonamides is 1. The zero-order chi connectivity index (χ0) is 15.6. The van der Waals surface area contributed by atoms with Crippen LogP contribution >= 0.6 is 15.9 Å². The van der Waals surface area contributed by atoms with Crippen LogP contribution in [0.25, 0.3) is 0 Å². The summed E-state index contributed by atoms with van der Waals surface area (Å²) >= 11 is 3.19. The Morgan fingerprint density at radius 1 is 1.24 bits per heavy atom. The SMILES string of the molecule is Cc1ccc(F)c(NS(=O)(=O)c2cc(CN)ccc2Br)c1. The molecule has 0 spiro atoms. The number of anilines is 1. The molecule has 0 radical (unpaired) electrons. The summed E-state index contributed by atoms with van der Waals surface area (Å²) in [5.41, 5.74) is 6.86. The summed E-state index contributed by atoms with van der Waals surface area (Å²) in [6.07, 6.45) is 0. The van der Waals surface area contributed by atoms with E-state index in [9.17, 15) is 12.8 Å². The van der Waals surface area contributed by atoms with Gasteiger partial charge in [0.05, 0.1) is 5.69 Å². The fourth-order valence-corrected chi connectivity index (χ4v) is 3.87. The molecule has 2 aromatic rings. The van der Waals surface area contributed by atoms with Crippen LogP contribution in [-0.2, 0) is 16.6 Å². The highest BCUT2D eigenvalue weighted by molar-refractivity contribution is 9.10. The molecule has 0 heterocycles. The van der Waals surface area contributed by atoms with Gasteiger partial charge in [-0.25, -0.2) is 12.8 Å². The van der Waals surface area contributed by atoms with Crippen LogP contribution < -0.4 is 10.5 Å². The van der Waals surface area contributed by atoms with Crippen molar-refractivity contribution in [3.63, 3.8) is 0 Å². The van der Waals surface area contributed by atoms with Gasteiger partial charge < -0.3 is 5.73 Å². The van der Waals surface area contributed by atoms with E-state index >= 15 is 0 Å². The molecule has 2 rings (SSSR count). The van der Waals surface area contributed by atoms with Gasteiger partial charge in [0.2, 0.25) is 0 Å². The van der Waals surface area contributed by atoms with Crippen molar-refractivity contribution in [3.05, 3.63) is 57.8 Å². The van der Waals surface area contributed by atoms with E-state index < -0.39 is 15.8 Å². The molecule has 7 heteroatoms. The third-order valence-electron chi connectivity index (χ3n) is 2.89. The van der Waals surface area contributed by atoms with Crippen LogP contribution in [0.4, 0.5) is 10.1 Å². The average Bonchev–Trinajstić information content (AvgIpc) is 2.43. The van der Waals surface area contributed by atoms with E-state index in [1.54, 1.807) is 25.1 Å². The molecule has 112 valence electrons. The van der Waals surface area contributed by atoms with Crippen LogP contribution in [0, 0.1) is 12.7 Å². The van der Waals surface area contributed by atoms with Gasteiger partial charge in [-0.15, -0.1) is 0 Å². The number of benzene rings is 2. The lowest BCUT2D eigenvalue weighted by atomic mass is 10.2. The van der Waals surface area contributed by atoms with Crippen molar-refractivity contribution in [2.45, 2.75) is 18.4 Å². The third kappa shape index (κ3) is 3.61. The largest absolute Gasteiger partial charge is 0.326 e. The maximum absolute atomic E-state index is 13.7. The summed E-state index contributed by atoms with van der Waals surface area (Å²) in [7, 11) is -3.91. The predicted octanol–water partition coefficient (Wildman–Crippen LogP) is 3.16. The van der Waals surface area contributed by atoms with Crippen molar-refractivity contribution < 1.29 is 12.8 Å². The summed E-state index contributed by atoms with van der Waals surface area (Å²) in [5, 5.41) is 0. The van der Waals surface area contributed by atoms with Crippen molar-refractivity contribution in [1.82, 2.24) is 0 Å². The molecule has 0 saturated heterocycles. The summed E-state index contributed by atoms with van der Waals surface area (Å²) in [6.45, 7) is 1.97. The molecule has 0 saturated carbocycles. The lowest BCUT2D eigenvalue weighted by molar-refractivity contribution is 0.598. The molecule has 0 fully saturated rings. The summed E-state index contributed by atoms with van der Waals surface area (Å²) in [6, 6.07) is 9.00. The predicted molar refractivity (Wildman–Crippen MR) is 84.0 cm³/mol. The Kier molecular flexibility index (Phi) is 4.65. The standard InChI is InChI=1S/C14H14BrFN2O2S/c1-9-2-5-12(16)13(6-9)18-21(19,20)14-7-10(8-17)3-4-11(14)15/h2-7,18H,8,17H2,1H3. The van der Waals surface area contributed by atoms with Crippen molar-refractivity contribution in [2.24, 2.45) is 5.73 Å². The topological polar surface area (TPSA) is 72.2 Å². The maximum Gasteiger partial charge on any atom is 0.263 e. The Morgan fingerprint density at radius 2 is 1.95 bits per heavy atom. The number of hydrogen-bond donors (Lipinski definition) is 2. The second kappa shape index (κ2) is 6.13. The Hall–Kier alpha value is -1.44. The van der Waals surface area contributed by atoms with Crippen LogP contribution in [0.15, 0.2) is 45.8 Å². The molecular formula is C14H14BrFN2O2S. The highest BCUT2D eigenvalue weighted by Gasteiger charge is 2.20. The van der Waals surface area contributed by atoms with Crippen LogP contribution in [-0.4, -0.2) is 8.42 Å². The summed E-state index contributed by atoms with van der Waals surface area (Å²) < 4.78 is 41.2. The highest BCUT2D eigenvalue weighted by atomic mass is 79.9. The maximum atomic E-state index is 13.7. The first kappa shape index (κ1) is 15.9. The van der Waals surface area contributed by atoms with Gasteiger partial charge in [0, 0.05) is 11.0 Å². The molecule has 3 N–H and O–H groups in total. The number of nitrogens with two attached hydrogens (primary N) is 1. The Morgan fingerprint density at radius 3 is 2.62 bits per heavy atom. The highest BCUT2D eigenvalue weighted by Crippen LogP contribution is 2.26. The smallest absolute Gasteiger partial charge is 0.263 e. The molecule has 0 amide bonds. The van der Waals surface area contributed by atoms with Gasteiger partial charge in [-0.3, -0.25) is 4.72 Å². The lowest BCUT2D eigenvalue weighted by Gasteiger charge is -2.12. The minimum Gasteiger partial charge on any atom is -0.326 e. The molecular weight excluding hydrogens is 359 g/mol. The van der Waals surface area contributed by atoms with E-state index in [-0.39, 0.29) is 17.1 Å². The molecule has 0 aliphatic carbocycles. The second-order valence-corrected chi connectivity index (χ2v) is 7.06. The van der Waals surface area contributed by atoms with Gasteiger partial charge in [0.25, 0.3) is 10.0 Å². The first-order valence-electron chi connectivity index (χ1n) is 6.11. The van der Waals surface area contributed by atoms with Crippen molar-refractivity contribution >= 4 is 31.6 Å². The Bertz CT molecular complexity index is 779. The zero-order valence-electron chi connectivity index (χ0n) is 11.2. The van der Waals surface area contributed by atoms with Gasteiger partial charge in [-0.1, -0.05) is 12.1 Å². The van der Waals surface area contributed by atoms with Crippen LogP contribution in [0.5, 0.6) is 0 Å². The molecule has 0 aliphatic heterocycles. The number of nitrogens with one attached hydrogen (secondary N) is 1. The van der Waals surface area contributed by atoms with Gasteiger partial charge in [-0.2, -0.15) is 0 Å². The van der Waals surface area contributed by atoms with E-state index in [2.05, 4.69) is 20.7 Å². The molecule has 0 aliphatic rings. The first-order valence-corrected chi connectivity index (χ1v) is 8.38. The zero-order valence-corrected chi connectivity index (χ0v) is 13.6. The number of halogens is 2. The lowest BCUT2D eigenvalue weighted by Crippen LogP contribution is -2.15. The van der Waals surface area contributed by atoms with Crippen LogP contribution in [0.3, 0.4) is 0 Å². The number of aryl methyl sites for hydroxylation is 1. The first-order chi connectivity index (χ1) is 9.83. The van der Waals surface area contributed by atoms with Crippen LogP contribution in [0.1, 0.15) is 11.1 Å². The number of hydrogen-bond acceptors (Lipinski definition) is 3. The summed E-state index contributed by atoms with van der Waals surface area (Å²) in [4.78, 5) is 0.0198. The molecule has 2 aromatic carbocycles. The Labute approximate surface area is 131 Å². The minimum atomic E-state index is -3.91. The van der Waals surface area contributed by atoms with Crippen LogP contribution in [0.2, 0.25) is 0 Å². The normalized spacial score (nSPS) is 11.4. The molecule has 0 aromatic heterocycles. The minimum absolute atomic E-state index is 0.0198. The van der Waals surface area contributed by atoms with E-state index in [1.807, 2.05) is 0 Å². The van der Waals surface area contributed by atoms with Gasteiger partial charge >= 0.3 is 0 Å². The van der Waals surface area contributed by atoms with Gasteiger partial charge in [-0.05, 0) is 58.2 Å². The molecule has 0 unspecified atom stereocenters. The van der Waals surface area contributed by atoms with E-state index in [0.717, 1.165) is 5.56 Å². The Balaban J connectivity index is 2.45. The van der Waals surface area contributed by atoms with Crippen molar-refractivity contribution in [2.75, 3.05) is 4.72 Å². The van der Waals surface area contributed by atoms with E-state index in [1.165, 1.54) is 18.2 Å². The molecule has 0 atom stereocenters. The molecule has 0 bridgehead atoms. The monoisotopic (exact) mass is 372 g/mol.